The molecule has 5 rings (SSSR count). The van der Waals surface area contributed by atoms with E-state index in [1.807, 2.05) is 51.1 Å². The SMILES string of the molecule is CCOC(=O)c1cc2c(=O)n3ccccc3nc2n(Cc2ccccc2)c1=NC(=O)c1cc(OCC)c(OCC)c(OCC)c1. The molecule has 0 saturated carbocycles. The van der Waals surface area contributed by atoms with Crippen molar-refractivity contribution >= 4 is 28.6 Å². The van der Waals surface area contributed by atoms with E-state index in [0.29, 0.717) is 42.7 Å². The molecule has 1 amide bonds. The zero-order valence-corrected chi connectivity index (χ0v) is 25.6. The fourth-order valence-corrected chi connectivity index (χ4v) is 4.95. The van der Waals surface area contributed by atoms with Crippen molar-refractivity contribution in [3.63, 3.8) is 0 Å². The quantitative estimate of drug-likeness (QED) is 0.154. The Morgan fingerprint density at radius 3 is 2.13 bits per heavy atom. The normalized spacial score (nSPS) is 11.5. The van der Waals surface area contributed by atoms with E-state index in [0.717, 1.165) is 5.56 Å². The Balaban J connectivity index is 1.84. The van der Waals surface area contributed by atoms with Crippen molar-refractivity contribution in [2.24, 2.45) is 4.99 Å². The minimum atomic E-state index is -0.734. The maximum atomic E-state index is 14.0. The third kappa shape index (κ3) is 6.42. The summed E-state index contributed by atoms with van der Waals surface area (Å²) in [5.41, 5.74) is 1.20. The molecule has 45 heavy (non-hydrogen) atoms. The fraction of sp³-hybridized carbons (Fsp3) is 0.265. The first-order chi connectivity index (χ1) is 21.9. The van der Waals surface area contributed by atoms with Crippen LogP contribution in [0.4, 0.5) is 0 Å². The highest BCUT2D eigenvalue weighted by Gasteiger charge is 2.22. The lowest BCUT2D eigenvalue weighted by Crippen LogP contribution is -2.33. The summed E-state index contributed by atoms with van der Waals surface area (Å²) in [6, 6.07) is 19.1. The number of carbonyl (C=O) groups is 2. The lowest BCUT2D eigenvalue weighted by Gasteiger charge is -2.17. The van der Waals surface area contributed by atoms with Crippen LogP contribution in [0.3, 0.4) is 0 Å². The molecule has 0 aliphatic rings. The van der Waals surface area contributed by atoms with E-state index >= 15 is 0 Å². The summed E-state index contributed by atoms with van der Waals surface area (Å²) in [6.45, 7) is 8.39. The second kappa shape index (κ2) is 13.9. The van der Waals surface area contributed by atoms with E-state index in [1.165, 1.54) is 22.6 Å². The number of esters is 1. The second-order valence-electron chi connectivity index (χ2n) is 9.77. The summed E-state index contributed by atoms with van der Waals surface area (Å²) < 4.78 is 25.8. The van der Waals surface area contributed by atoms with Gasteiger partial charge < -0.3 is 23.5 Å². The number of aromatic nitrogens is 3. The Morgan fingerprint density at radius 2 is 1.49 bits per heavy atom. The topological polar surface area (TPSA) is 123 Å². The van der Waals surface area contributed by atoms with Crippen LogP contribution in [0.1, 0.15) is 54.0 Å². The monoisotopic (exact) mass is 610 g/mol. The van der Waals surface area contributed by atoms with Gasteiger partial charge in [0.25, 0.3) is 11.5 Å². The van der Waals surface area contributed by atoms with E-state index in [9.17, 15) is 14.4 Å². The summed E-state index contributed by atoms with van der Waals surface area (Å²) >= 11 is 0. The predicted molar refractivity (Wildman–Crippen MR) is 168 cm³/mol. The van der Waals surface area contributed by atoms with Gasteiger partial charge >= 0.3 is 5.97 Å². The van der Waals surface area contributed by atoms with Gasteiger partial charge in [-0.1, -0.05) is 36.4 Å². The first-order valence-corrected chi connectivity index (χ1v) is 14.8. The second-order valence-corrected chi connectivity index (χ2v) is 9.77. The molecule has 0 bridgehead atoms. The van der Waals surface area contributed by atoms with Crippen LogP contribution in [0, 0.1) is 0 Å². The predicted octanol–water partition coefficient (Wildman–Crippen LogP) is 4.81. The maximum absolute atomic E-state index is 14.0. The first-order valence-electron chi connectivity index (χ1n) is 14.8. The number of fused-ring (bicyclic) bond motifs is 2. The van der Waals surface area contributed by atoms with Crippen LogP contribution in [-0.4, -0.2) is 52.3 Å². The van der Waals surface area contributed by atoms with Gasteiger partial charge in [-0.15, -0.1) is 0 Å². The van der Waals surface area contributed by atoms with Crippen LogP contribution in [0.25, 0.3) is 16.7 Å². The van der Waals surface area contributed by atoms with E-state index in [-0.39, 0.29) is 46.4 Å². The molecule has 0 saturated heterocycles. The molecule has 0 aliphatic heterocycles. The van der Waals surface area contributed by atoms with Crippen molar-refractivity contribution in [2.75, 3.05) is 26.4 Å². The van der Waals surface area contributed by atoms with E-state index < -0.39 is 11.9 Å². The van der Waals surface area contributed by atoms with Gasteiger partial charge in [0.1, 0.15) is 16.9 Å². The molecule has 3 heterocycles. The van der Waals surface area contributed by atoms with E-state index in [2.05, 4.69) is 4.99 Å². The summed E-state index contributed by atoms with van der Waals surface area (Å²) in [7, 11) is 0. The molecule has 2 aromatic carbocycles. The standard InChI is InChI=1S/C34H34N4O7/c1-5-42-26-18-23(19-27(43-6-2)29(26)44-7-3)32(39)36-31-25(34(41)45-8-4)20-24-30(38(31)21-22-14-10-9-11-15-22)35-28-16-12-13-17-37(28)33(24)40/h9-20H,5-8,21H2,1-4H3. The van der Waals surface area contributed by atoms with Crippen molar-refractivity contribution in [1.29, 1.82) is 0 Å². The number of benzene rings is 2. The summed E-state index contributed by atoms with van der Waals surface area (Å²) in [4.78, 5) is 50.3. The number of pyridine rings is 2. The molecule has 11 nitrogen and oxygen atoms in total. The van der Waals surface area contributed by atoms with Gasteiger partial charge in [0, 0.05) is 11.8 Å². The lowest BCUT2D eigenvalue weighted by atomic mass is 10.1. The highest BCUT2D eigenvalue weighted by molar-refractivity contribution is 5.98. The van der Waals surface area contributed by atoms with E-state index in [1.54, 1.807) is 35.9 Å². The lowest BCUT2D eigenvalue weighted by molar-refractivity contribution is 0.0523. The molecule has 0 spiro atoms. The third-order valence-corrected chi connectivity index (χ3v) is 6.83. The zero-order chi connectivity index (χ0) is 31.9. The van der Waals surface area contributed by atoms with Crippen LogP contribution < -0.4 is 25.3 Å². The molecular weight excluding hydrogens is 576 g/mol. The molecule has 0 unspecified atom stereocenters. The summed E-state index contributed by atoms with van der Waals surface area (Å²) in [5.74, 6) is -0.379. The van der Waals surface area contributed by atoms with Crippen LogP contribution >= 0.6 is 0 Å². The van der Waals surface area contributed by atoms with Gasteiger partial charge in [-0.2, -0.15) is 4.99 Å². The number of hydrogen-bond donors (Lipinski definition) is 0. The minimum Gasteiger partial charge on any atom is -0.490 e. The Hall–Kier alpha value is -5.45. The highest BCUT2D eigenvalue weighted by atomic mass is 16.5. The van der Waals surface area contributed by atoms with Crippen LogP contribution in [0.5, 0.6) is 17.2 Å². The average Bonchev–Trinajstić information content (AvgIpc) is 3.04. The van der Waals surface area contributed by atoms with Crippen molar-refractivity contribution in [3.05, 3.63) is 105 Å². The van der Waals surface area contributed by atoms with Crippen molar-refractivity contribution in [3.8, 4) is 17.2 Å². The number of hydrogen-bond acceptors (Lipinski definition) is 8. The Morgan fingerprint density at radius 1 is 0.822 bits per heavy atom. The van der Waals surface area contributed by atoms with Crippen LogP contribution in [0.15, 0.2) is 82.7 Å². The molecule has 0 aliphatic carbocycles. The first kappa shape index (κ1) is 31.0. The number of amides is 1. The molecule has 0 fully saturated rings. The fourth-order valence-electron chi connectivity index (χ4n) is 4.95. The van der Waals surface area contributed by atoms with Gasteiger partial charge in [-0.05, 0) is 63.6 Å². The number of rotatable bonds is 11. The summed E-state index contributed by atoms with van der Waals surface area (Å²) in [6.07, 6.45) is 1.61. The van der Waals surface area contributed by atoms with Crippen LogP contribution in [-0.2, 0) is 11.3 Å². The van der Waals surface area contributed by atoms with Gasteiger partial charge in [0.15, 0.2) is 17.0 Å². The third-order valence-electron chi connectivity index (χ3n) is 6.83. The smallest absolute Gasteiger partial charge is 0.341 e. The molecule has 232 valence electrons. The molecule has 3 aromatic heterocycles. The molecular formula is C34H34N4O7. The Bertz CT molecular complexity index is 1970. The van der Waals surface area contributed by atoms with Crippen molar-refractivity contribution < 1.29 is 28.5 Å². The highest BCUT2D eigenvalue weighted by Crippen LogP contribution is 2.39. The van der Waals surface area contributed by atoms with E-state index in [4.69, 9.17) is 23.9 Å². The number of carbonyl (C=O) groups excluding carboxylic acids is 2. The largest absolute Gasteiger partial charge is 0.490 e. The van der Waals surface area contributed by atoms with Gasteiger partial charge in [0.05, 0.1) is 38.4 Å². The molecule has 0 N–H and O–H groups in total. The average molecular weight is 611 g/mol. The number of nitrogens with zero attached hydrogens (tertiary/aromatic N) is 4. The molecule has 0 atom stereocenters. The molecule has 11 heteroatoms. The molecule has 0 radical (unpaired) electrons. The minimum absolute atomic E-state index is 0.00760. The van der Waals surface area contributed by atoms with Gasteiger partial charge in [-0.25, -0.2) is 9.78 Å². The number of ether oxygens (including phenoxy) is 4. The maximum Gasteiger partial charge on any atom is 0.341 e. The Labute approximate surface area is 259 Å². The summed E-state index contributed by atoms with van der Waals surface area (Å²) in [5, 5.41) is 0.169. The molecule has 5 aromatic rings. The van der Waals surface area contributed by atoms with Gasteiger partial charge in [0.2, 0.25) is 5.75 Å². The van der Waals surface area contributed by atoms with Gasteiger partial charge in [-0.3, -0.25) is 14.0 Å². The zero-order valence-electron chi connectivity index (χ0n) is 25.6. The van der Waals surface area contributed by atoms with Crippen LogP contribution in [0.2, 0.25) is 0 Å². The Kier molecular flexibility index (Phi) is 9.57. The van der Waals surface area contributed by atoms with Crippen molar-refractivity contribution in [1.82, 2.24) is 14.0 Å². The van der Waals surface area contributed by atoms with Crippen molar-refractivity contribution in [2.45, 2.75) is 34.2 Å².